The molecule has 62 valence electrons. The summed E-state index contributed by atoms with van der Waals surface area (Å²) in [7, 11) is 0. The van der Waals surface area contributed by atoms with Gasteiger partial charge >= 0.3 is 0 Å². The van der Waals surface area contributed by atoms with Gasteiger partial charge in [0.05, 0.1) is 0 Å². The molecule has 0 aliphatic heterocycles. The molecule has 0 fully saturated rings. The highest BCUT2D eigenvalue weighted by molar-refractivity contribution is 8.00. The second-order valence-corrected chi connectivity index (χ2v) is 3.53. The average Bonchev–Trinajstić information content (AvgIpc) is 2.09. The molecule has 1 aromatic carbocycles. The Morgan fingerprint density at radius 3 is 2.50 bits per heavy atom. The standard InChI is InChI=1S/C10H9FS/c1-3-10(11)12-9-6-4-8(2)5-7-9/h1,4-7,10H,2H3. The number of alkyl halides is 1. The highest BCUT2D eigenvalue weighted by Crippen LogP contribution is 2.23. The molecule has 0 saturated heterocycles. The number of thioether (sulfide) groups is 1. The molecule has 0 radical (unpaired) electrons. The van der Waals surface area contributed by atoms with E-state index in [4.69, 9.17) is 6.42 Å². The summed E-state index contributed by atoms with van der Waals surface area (Å²) in [6, 6.07) is 7.60. The van der Waals surface area contributed by atoms with Crippen molar-refractivity contribution in [1.29, 1.82) is 0 Å². The maximum Gasteiger partial charge on any atom is 0.210 e. The maximum atomic E-state index is 12.6. The Hall–Kier alpha value is -0.940. The molecule has 0 aliphatic rings. The lowest BCUT2D eigenvalue weighted by Gasteiger charge is -2.00. The number of hydrogen-bond acceptors (Lipinski definition) is 1. The van der Waals surface area contributed by atoms with Crippen LogP contribution in [0.4, 0.5) is 4.39 Å². The van der Waals surface area contributed by atoms with Crippen LogP contribution in [0.1, 0.15) is 5.56 Å². The predicted molar refractivity (Wildman–Crippen MR) is 50.8 cm³/mol. The fourth-order valence-electron chi connectivity index (χ4n) is 0.770. The molecule has 1 rings (SSSR count). The zero-order chi connectivity index (χ0) is 8.97. The summed E-state index contributed by atoms with van der Waals surface area (Å²) in [6.07, 6.45) is 4.90. The summed E-state index contributed by atoms with van der Waals surface area (Å²) in [6.45, 7) is 1.99. The Bertz CT molecular complexity index is 284. The van der Waals surface area contributed by atoms with Crippen molar-refractivity contribution in [2.24, 2.45) is 0 Å². The van der Waals surface area contributed by atoms with Crippen LogP contribution < -0.4 is 0 Å². The van der Waals surface area contributed by atoms with E-state index in [1.807, 2.05) is 37.1 Å². The van der Waals surface area contributed by atoms with Crippen molar-refractivity contribution in [1.82, 2.24) is 0 Å². The number of terminal acetylenes is 1. The Labute approximate surface area is 76.2 Å². The lowest BCUT2D eigenvalue weighted by Crippen LogP contribution is -1.86. The van der Waals surface area contributed by atoms with Crippen molar-refractivity contribution in [3.05, 3.63) is 29.8 Å². The summed E-state index contributed by atoms with van der Waals surface area (Å²) in [5.41, 5.74) is -0.0804. The van der Waals surface area contributed by atoms with Crippen LogP contribution in [0.25, 0.3) is 0 Å². The van der Waals surface area contributed by atoms with Gasteiger partial charge in [0.1, 0.15) is 0 Å². The van der Waals surface area contributed by atoms with Crippen LogP contribution in [0.2, 0.25) is 0 Å². The molecule has 0 bridgehead atoms. The molecule has 0 amide bonds. The van der Waals surface area contributed by atoms with Crippen molar-refractivity contribution < 1.29 is 4.39 Å². The molecular formula is C10H9FS. The van der Waals surface area contributed by atoms with Crippen LogP contribution in [0.15, 0.2) is 29.2 Å². The Balaban J connectivity index is 2.66. The smallest absolute Gasteiger partial charge is 0.210 e. The third-order valence-electron chi connectivity index (χ3n) is 1.39. The highest BCUT2D eigenvalue weighted by Gasteiger charge is 2.02. The molecule has 0 aromatic heterocycles. The summed E-state index contributed by atoms with van der Waals surface area (Å²) < 4.78 is 12.6. The summed E-state index contributed by atoms with van der Waals surface area (Å²) in [5.74, 6) is 2.02. The zero-order valence-electron chi connectivity index (χ0n) is 6.75. The predicted octanol–water partition coefficient (Wildman–Crippen LogP) is 3.02. The second kappa shape index (κ2) is 4.18. The molecule has 0 spiro atoms. The van der Waals surface area contributed by atoms with Crippen molar-refractivity contribution in [3.8, 4) is 12.3 Å². The quantitative estimate of drug-likeness (QED) is 0.498. The molecule has 0 nitrogen and oxygen atoms in total. The van der Waals surface area contributed by atoms with E-state index in [2.05, 4.69) is 0 Å². The fraction of sp³-hybridized carbons (Fsp3) is 0.200. The number of rotatable bonds is 2. The minimum atomic E-state index is -1.24. The second-order valence-electron chi connectivity index (χ2n) is 2.41. The minimum Gasteiger partial charge on any atom is -0.221 e. The number of halogens is 1. The largest absolute Gasteiger partial charge is 0.221 e. The van der Waals surface area contributed by atoms with Gasteiger partial charge in [-0.2, -0.15) is 0 Å². The highest BCUT2D eigenvalue weighted by atomic mass is 32.2. The third kappa shape index (κ3) is 2.60. The normalized spacial score (nSPS) is 12.1. The first-order valence-electron chi connectivity index (χ1n) is 3.56. The SMILES string of the molecule is C#CC(F)Sc1ccc(C)cc1. The molecular weight excluding hydrogens is 171 g/mol. The summed E-state index contributed by atoms with van der Waals surface area (Å²) in [4.78, 5) is 0.867. The molecule has 0 N–H and O–H groups in total. The first-order chi connectivity index (χ1) is 5.72. The van der Waals surface area contributed by atoms with Crippen LogP contribution in [0.3, 0.4) is 0 Å². The molecule has 1 unspecified atom stereocenters. The van der Waals surface area contributed by atoms with E-state index in [0.29, 0.717) is 0 Å². The summed E-state index contributed by atoms with van der Waals surface area (Å²) in [5, 5.41) is 0. The van der Waals surface area contributed by atoms with Gasteiger partial charge in [-0.15, -0.1) is 6.42 Å². The Morgan fingerprint density at radius 1 is 1.42 bits per heavy atom. The van der Waals surface area contributed by atoms with Crippen LogP contribution >= 0.6 is 11.8 Å². The third-order valence-corrected chi connectivity index (χ3v) is 2.28. The summed E-state index contributed by atoms with van der Waals surface area (Å²) >= 11 is 1.05. The van der Waals surface area contributed by atoms with Crippen LogP contribution in [-0.2, 0) is 0 Å². The molecule has 0 aliphatic carbocycles. The van der Waals surface area contributed by atoms with Crippen molar-refractivity contribution >= 4 is 11.8 Å². The van der Waals surface area contributed by atoms with Crippen LogP contribution in [0, 0.1) is 19.3 Å². The first-order valence-corrected chi connectivity index (χ1v) is 4.44. The van der Waals surface area contributed by atoms with Crippen molar-refractivity contribution in [2.45, 2.75) is 17.3 Å². The van der Waals surface area contributed by atoms with Crippen molar-refractivity contribution in [3.63, 3.8) is 0 Å². The number of aryl methyl sites for hydroxylation is 1. The van der Waals surface area contributed by atoms with Gasteiger partial charge in [0, 0.05) is 4.90 Å². The van der Waals surface area contributed by atoms with Gasteiger partial charge in [-0.05, 0) is 19.1 Å². The monoisotopic (exact) mass is 180 g/mol. The van der Waals surface area contributed by atoms with E-state index >= 15 is 0 Å². The average molecular weight is 180 g/mol. The van der Waals surface area contributed by atoms with Crippen molar-refractivity contribution in [2.75, 3.05) is 0 Å². The van der Waals surface area contributed by atoms with E-state index in [0.717, 1.165) is 22.2 Å². The van der Waals surface area contributed by atoms with Crippen LogP contribution in [0.5, 0.6) is 0 Å². The fourth-order valence-corrected chi connectivity index (χ4v) is 1.37. The van der Waals surface area contributed by atoms with Gasteiger partial charge in [0.2, 0.25) is 5.50 Å². The van der Waals surface area contributed by atoms with E-state index in [1.54, 1.807) is 0 Å². The zero-order valence-corrected chi connectivity index (χ0v) is 7.57. The molecule has 1 aromatic rings. The lowest BCUT2D eigenvalue weighted by atomic mass is 10.2. The van der Waals surface area contributed by atoms with E-state index in [-0.39, 0.29) is 0 Å². The molecule has 12 heavy (non-hydrogen) atoms. The molecule has 2 heteroatoms. The lowest BCUT2D eigenvalue weighted by molar-refractivity contribution is 0.532. The first kappa shape index (κ1) is 9.15. The van der Waals surface area contributed by atoms with Gasteiger partial charge in [-0.1, -0.05) is 35.4 Å². The Kier molecular flexibility index (Phi) is 3.19. The van der Waals surface area contributed by atoms with Gasteiger partial charge in [-0.25, -0.2) is 4.39 Å². The van der Waals surface area contributed by atoms with Crippen LogP contribution in [-0.4, -0.2) is 5.50 Å². The molecule has 0 heterocycles. The molecule has 0 saturated carbocycles. The minimum absolute atomic E-state index is 0.867. The van der Waals surface area contributed by atoms with E-state index < -0.39 is 5.50 Å². The molecule has 1 atom stereocenters. The van der Waals surface area contributed by atoms with Gasteiger partial charge in [-0.3, -0.25) is 0 Å². The number of benzene rings is 1. The number of hydrogen-bond donors (Lipinski definition) is 0. The van der Waals surface area contributed by atoms with Gasteiger partial charge in [0.15, 0.2) is 0 Å². The van der Waals surface area contributed by atoms with E-state index in [9.17, 15) is 4.39 Å². The Morgan fingerprint density at radius 2 is 2.00 bits per heavy atom. The van der Waals surface area contributed by atoms with E-state index in [1.165, 1.54) is 0 Å². The van der Waals surface area contributed by atoms with Gasteiger partial charge in [0.25, 0.3) is 0 Å². The topological polar surface area (TPSA) is 0 Å². The van der Waals surface area contributed by atoms with Gasteiger partial charge < -0.3 is 0 Å². The maximum absolute atomic E-state index is 12.6.